The van der Waals surface area contributed by atoms with Gasteiger partial charge in [0, 0.05) is 6.20 Å². The van der Waals surface area contributed by atoms with E-state index in [4.69, 9.17) is 4.74 Å². The Bertz CT molecular complexity index is 397. The fraction of sp³-hybridized carbons (Fsp3) is 0.545. The van der Waals surface area contributed by atoms with E-state index in [2.05, 4.69) is 24.1 Å². The molecule has 1 aromatic heterocycles. The number of anilines is 1. The van der Waals surface area contributed by atoms with Crippen LogP contribution in [-0.2, 0) is 0 Å². The summed E-state index contributed by atoms with van der Waals surface area (Å²) < 4.78 is 5.89. The molecule has 0 radical (unpaired) electrons. The van der Waals surface area contributed by atoms with Gasteiger partial charge in [0.25, 0.3) is 0 Å². The Morgan fingerprint density at radius 3 is 2.93 bits per heavy atom. The average Bonchev–Trinajstić information content (AvgIpc) is 2.92. The number of hydrogen-bond acceptors (Lipinski definition) is 3. The summed E-state index contributed by atoms with van der Waals surface area (Å²) in [6.07, 6.45) is 4.21. The summed E-state index contributed by atoms with van der Waals surface area (Å²) in [7, 11) is 0. The fourth-order valence-corrected chi connectivity index (χ4v) is 1.87. The van der Waals surface area contributed by atoms with Crippen molar-refractivity contribution in [2.75, 3.05) is 11.9 Å². The lowest BCUT2D eigenvalue weighted by molar-refractivity contribution is 0.175. The van der Waals surface area contributed by atoms with Crippen LogP contribution in [0, 0.1) is 13.8 Å². The third-order valence-electron chi connectivity index (χ3n) is 3.26. The number of nitrogens with zero attached hydrogens (tertiary/aromatic N) is 1. The molecule has 1 aliphatic heterocycles. The largest absolute Gasteiger partial charge is 0.468 e. The van der Waals surface area contributed by atoms with Gasteiger partial charge in [0.2, 0.25) is 5.88 Å². The smallest absolute Gasteiger partial charge is 0.238 e. The molecular weight excluding hydrogens is 176 g/mol. The third-order valence-corrected chi connectivity index (χ3v) is 3.26. The summed E-state index contributed by atoms with van der Waals surface area (Å²) in [6, 6.07) is 0. The van der Waals surface area contributed by atoms with Crippen molar-refractivity contribution in [1.82, 2.24) is 4.98 Å². The van der Waals surface area contributed by atoms with Gasteiger partial charge in [-0.2, -0.15) is 0 Å². The minimum atomic E-state index is 0.0850. The van der Waals surface area contributed by atoms with Crippen molar-refractivity contribution in [3.8, 4) is 5.88 Å². The fourth-order valence-electron chi connectivity index (χ4n) is 1.87. The monoisotopic (exact) mass is 190 g/mol. The van der Waals surface area contributed by atoms with Gasteiger partial charge < -0.3 is 10.1 Å². The first-order valence-corrected chi connectivity index (χ1v) is 5.09. The van der Waals surface area contributed by atoms with Crippen molar-refractivity contribution in [3.63, 3.8) is 0 Å². The predicted molar refractivity (Wildman–Crippen MR) is 54.8 cm³/mol. The van der Waals surface area contributed by atoms with E-state index in [0.717, 1.165) is 31.0 Å². The van der Waals surface area contributed by atoms with Crippen LogP contribution in [0.15, 0.2) is 6.20 Å². The molecule has 1 aromatic rings. The van der Waals surface area contributed by atoms with E-state index in [1.54, 1.807) is 0 Å². The van der Waals surface area contributed by atoms with Crippen LogP contribution in [0.3, 0.4) is 0 Å². The van der Waals surface area contributed by atoms with Gasteiger partial charge in [0.1, 0.15) is 11.3 Å². The van der Waals surface area contributed by atoms with Crippen molar-refractivity contribution < 1.29 is 4.74 Å². The molecular formula is C11H14N2O. The number of ether oxygens (including phenoxy) is 1. The topological polar surface area (TPSA) is 34.2 Å². The molecule has 0 unspecified atom stereocenters. The van der Waals surface area contributed by atoms with E-state index in [0.29, 0.717) is 0 Å². The molecule has 1 N–H and O–H groups in total. The van der Waals surface area contributed by atoms with E-state index in [-0.39, 0.29) is 5.60 Å². The van der Waals surface area contributed by atoms with Crippen molar-refractivity contribution >= 4 is 5.69 Å². The summed E-state index contributed by atoms with van der Waals surface area (Å²) in [6.45, 7) is 5.12. The molecule has 3 rings (SSSR count). The molecule has 1 saturated carbocycles. The number of fused-ring (bicyclic) bond motifs is 1. The molecule has 2 heterocycles. The normalized spacial score (nSPS) is 21.0. The van der Waals surface area contributed by atoms with Crippen molar-refractivity contribution in [3.05, 3.63) is 17.3 Å². The number of pyridine rings is 1. The molecule has 74 valence electrons. The Labute approximate surface area is 83.5 Å². The van der Waals surface area contributed by atoms with Crippen LogP contribution in [0.4, 0.5) is 5.69 Å². The quantitative estimate of drug-likeness (QED) is 0.679. The predicted octanol–water partition coefficient (Wildman–Crippen LogP) is 2.04. The molecule has 14 heavy (non-hydrogen) atoms. The summed E-state index contributed by atoms with van der Waals surface area (Å²) in [5.41, 5.74) is 3.64. The van der Waals surface area contributed by atoms with Crippen LogP contribution in [0.1, 0.15) is 24.0 Å². The Morgan fingerprint density at radius 1 is 1.43 bits per heavy atom. The van der Waals surface area contributed by atoms with Gasteiger partial charge >= 0.3 is 0 Å². The molecule has 2 aliphatic rings. The van der Waals surface area contributed by atoms with E-state index in [1.807, 2.05) is 6.20 Å². The molecule has 3 nitrogen and oxygen atoms in total. The third kappa shape index (κ3) is 1.01. The van der Waals surface area contributed by atoms with Crippen LogP contribution in [0.5, 0.6) is 5.88 Å². The Morgan fingerprint density at radius 2 is 2.21 bits per heavy atom. The molecule has 0 saturated heterocycles. The van der Waals surface area contributed by atoms with Gasteiger partial charge in [-0.25, -0.2) is 4.98 Å². The van der Waals surface area contributed by atoms with Gasteiger partial charge in [-0.15, -0.1) is 0 Å². The van der Waals surface area contributed by atoms with Gasteiger partial charge in [-0.3, -0.25) is 0 Å². The Kier molecular flexibility index (Phi) is 1.39. The van der Waals surface area contributed by atoms with E-state index in [1.165, 1.54) is 11.1 Å². The maximum absolute atomic E-state index is 5.89. The zero-order valence-electron chi connectivity index (χ0n) is 8.55. The van der Waals surface area contributed by atoms with E-state index >= 15 is 0 Å². The minimum absolute atomic E-state index is 0.0850. The zero-order chi connectivity index (χ0) is 9.76. The van der Waals surface area contributed by atoms with E-state index in [9.17, 15) is 0 Å². The van der Waals surface area contributed by atoms with Crippen LogP contribution in [0.2, 0.25) is 0 Å². The highest BCUT2D eigenvalue weighted by Crippen LogP contribution is 2.45. The molecule has 1 spiro atoms. The number of aromatic nitrogens is 1. The summed E-state index contributed by atoms with van der Waals surface area (Å²) in [4.78, 5) is 4.33. The molecule has 0 amide bonds. The van der Waals surface area contributed by atoms with Gasteiger partial charge in [0.15, 0.2) is 0 Å². The first-order valence-electron chi connectivity index (χ1n) is 5.09. The number of nitrogens with one attached hydrogen (secondary N) is 1. The number of aryl methyl sites for hydroxylation is 1. The molecule has 1 aliphatic carbocycles. The second kappa shape index (κ2) is 2.41. The average molecular weight is 190 g/mol. The summed E-state index contributed by atoms with van der Waals surface area (Å²) >= 11 is 0. The van der Waals surface area contributed by atoms with Crippen LogP contribution < -0.4 is 10.1 Å². The summed E-state index contributed by atoms with van der Waals surface area (Å²) in [5.74, 6) is 0.789. The van der Waals surface area contributed by atoms with Gasteiger partial charge in [0.05, 0.1) is 6.54 Å². The maximum atomic E-state index is 5.89. The highest BCUT2D eigenvalue weighted by Gasteiger charge is 2.48. The van der Waals surface area contributed by atoms with Crippen LogP contribution in [-0.4, -0.2) is 17.1 Å². The lowest BCUT2D eigenvalue weighted by Crippen LogP contribution is -2.33. The first-order chi connectivity index (χ1) is 6.70. The lowest BCUT2D eigenvalue weighted by atomic mass is 10.1. The van der Waals surface area contributed by atoms with Crippen LogP contribution >= 0.6 is 0 Å². The van der Waals surface area contributed by atoms with Gasteiger partial charge in [-0.1, -0.05) is 0 Å². The maximum Gasteiger partial charge on any atom is 0.238 e. The molecule has 1 fully saturated rings. The van der Waals surface area contributed by atoms with Gasteiger partial charge in [-0.05, 0) is 37.8 Å². The van der Waals surface area contributed by atoms with Crippen molar-refractivity contribution in [2.24, 2.45) is 0 Å². The Balaban J connectivity index is 2.06. The highest BCUT2D eigenvalue weighted by atomic mass is 16.5. The zero-order valence-corrected chi connectivity index (χ0v) is 8.55. The SMILES string of the molecule is Cc1cnc2c(c1C)NCC1(CC1)O2. The minimum Gasteiger partial charge on any atom is -0.468 e. The standard InChI is InChI=1S/C11H14N2O/c1-7-5-12-10-9(8(7)2)13-6-11(14-10)3-4-11/h5,13H,3-4,6H2,1-2H3. The van der Waals surface area contributed by atoms with Crippen LogP contribution in [0.25, 0.3) is 0 Å². The van der Waals surface area contributed by atoms with Crippen molar-refractivity contribution in [2.45, 2.75) is 32.3 Å². The van der Waals surface area contributed by atoms with Crippen molar-refractivity contribution in [1.29, 1.82) is 0 Å². The Hall–Kier alpha value is -1.25. The second-order valence-electron chi connectivity index (χ2n) is 4.38. The number of hydrogen-bond donors (Lipinski definition) is 1. The highest BCUT2D eigenvalue weighted by molar-refractivity contribution is 5.62. The number of rotatable bonds is 0. The summed E-state index contributed by atoms with van der Waals surface area (Å²) in [5, 5.41) is 3.44. The molecule has 0 atom stereocenters. The first kappa shape index (κ1) is 8.09. The van der Waals surface area contributed by atoms with E-state index < -0.39 is 0 Å². The molecule has 0 bridgehead atoms. The molecule has 3 heteroatoms. The second-order valence-corrected chi connectivity index (χ2v) is 4.38. The molecule has 0 aromatic carbocycles. The lowest BCUT2D eigenvalue weighted by Gasteiger charge is -2.27.